The quantitative estimate of drug-likeness (QED) is 0.421. The van der Waals surface area contributed by atoms with E-state index < -0.39 is 17.9 Å². The van der Waals surface area contributed by atoms with Crippen molar-refractivity contribution < 1.29 is 19.0 Å². The summed E-state index contributed by atoms with van der Waals surface area (Å²) in [5.41, 5.74) is 1.33. The van der Waals surface area contributed by atoms with E-state index in [-0.39, 0.29) is 6.61 Å². The van der Waals surface area contributed by atoms with Gasteiger partial charge in [0.2, 0.25) is 0 Å². The first kappa shape index (κ1) is 19.9. The number of methoxy groups -OCH3 is 1. The van der Waals surface area contributed by atoms with E-state index >= 15 is 0 Å². The third-order valence-electron chi connectivity index (χ3n) is 4.25. The van der Waals surface area contributed by atoms with Gasteiger partial charge in [-0.05, 0) is 42.0 Å². The van der Waals surface area contributed by atoms with Gasteiger partial charge in [-0.2, -0.15) is 0 Å². The summed E-state index contributed by atoms with van der Waals surface area (Å²) in [7, 11) is 1.55. The fourth-order valence-electron chi connectivity index (χ4n) is 2.95. The molecule has 2 aromatic rings. The molecule has 0 saturated carbocycles. The first-order valence-electron chi connectivity index (χ1n) is 8.83. The molecule has 0 aromatic heterocycles. The number of rotatable bonds is 7. The Bertz CT molecular complexity index is 856. The van der Waals surface area contributed by atoms with Gasteiger partial charge in [0, 0.05) is 12.8 Å². The Morgan fingerprint density at radius 2 is 1.86 bits per heavy atom. The second-order valence-electron chi connectivity index (χ2n) is 6.23. The van der Waals surface area contributed by atoms with Crippen molar-refractivity contribution >= 4 is 23.3 Å². The van der Waals surface area contributed by atoms with Crippen molar-refractivity contribution in [3.05, 3.63) is 72.4 Å². The van der Waals surface area contributed by atoms with Crippen LogP contribution in [0.5, 0.6) is 11.5 Å². The maximum absolute atomic E-state index is 12.7. The van der Waals surface area contributed by atoms with Crippen LogP contribution in [0.4, 0.5) is 0 Å². The van der Waals surface area contributed by atoms with E-state index in [4.69, 9.17) is 26.4 Å². The number of hydrogen-bond donors (Lipinski definition) is 2. The van der Waals surface area contributed by atoms with Crippen LogP contribution in [-0.2, 0) is 14.3 Å². The van der Waals surface area contributed by atoms with Crippen molar-refractivity contribution in [2.45, 2.75) is 6.04 Å². The van der Waals surface area contributed by atoms with E-state index in [1.165, 1.54) is 0 Å². The van der Waals surface area contributed by atoms with Crippen LogP contribution in [0.2, 0.25) is 0 Å². The molecule has 2 atom stereocenters. The molecule has 1 heterocycles. The average molecular weight is 398 g/mol. The second-order valence-corrected chi connectivity index (χ2v) is 6.64. The molecule has 1 fully saturated rings. The molecule has 3 rings (SSSR count). The van der Waals surface area contributed by atoms with E-state index in [2.05, 4.69) is 17.2 Å². The van der Waals surface area contributed by atoms with E-state index in [1.807, 2.05) is 54.6 Å². The highest BCUT2D eigenvalue weighted by Gasteiger charge is 2.37. The van der Waals surface area contributed by atoms with Crippen molar-refractivity contribution in [1.29, 1.82) is 0 Å². The molecule has 6 nitrogen and oxygen atoms in total. The Hall–Kier alpha value is -2.90. The summed E-state index contributed by atoms with van der Waals surface area (Å²) in [5.74, 6) is 0.347. The lowest BCUT2D eigenvalue weighted by atomic mass is 9.89. The monoisotopic (exact) mass is 398 g/mol. The number of benzene rings is 2. The molecule has 1 aliphatic heterocycles. The van der Waals surface area contributed by atoms with Gasteiger partial charge in [-0.25, -0.2) is 0 Å². The maximum Gasteiger partial charge on any atom is 0.317 e. The molecule has 0 radical (unpaired) electrons. The highest BCUT2D eigenvalue weighted by atomic mass is 32.1. The average Bonchev–Trinajstić information content (AvgIpc) is 2.68. The third-order valence-corrected chi connectivity index (χ3v) is 4.47. The van der Waals surface area contributed by atoms with Gasteiger partial charge in [0.25, 0.3) is 0 Å². The summed E-state index contributed by atoms with van der Waals surface area (Å²) in [6, 6.07) is 16.6. The number of nitrogens with one attached hydrogen (secondary N) is 2. The lowest BCUT2D eigenvalue weighted by molar-refractivity contribution is -0.149. The predicted octanol–water partition coefficient (Wildman–Crippen LogP) is 3.32. The van der Waals surface area contributed by atoms with E-state index in [9.17, 15) is 4.79 Å². The molecule has 0 spiro atoms. The summed E-state index contributed by atoms with van der Waals surface area (Å²) in [6.45, 7) is 4.46. The maximum atomic E-state index is 12.7. The van der Waals surface area contributed by atoms with Gasteiger partial charge in [-0.1, -0.05) is 36.9 Å². The van der Waals surface area contributed by atoms with Gasteiger partial charge < -0.3 is 24.8 Å². The van der Waals surface area contributed by atoms with Crippen molar-refractivity contribution in [3.63, 3.8) is 0 Å². The zero-order valence-electron chi connectivity index (χ0n) is 15.5. The van der Waals surface area contributed by atoms with Gasteiger partial charge in [0.15, 0.2) is 5.11 Å². The van der Waals surface area contributed by atoms with Gasteiger partial charge in [-0.3, -0.25) is 4.79 Å². The summed E-state index contributed by atoms with van der Waals surface area (Å²) in [5, 5.41) is 6.47. The van der Waals surface area contributed by atoms with E-state index in [0.717, 1.165) is 11.3 Å². The van der Waals surface area contributed by atoms with Crippen LogP contribution in [0.15, 0.2) is 66.9 Å². The lowest BCUT2D eigenvalue weighted by Gasteiger charge is -2.35. The lowest BCUT2D eigenvalue weighted by Crippen LogP contribution is -2.51. The van der Waals surface area contributed by atoms with Crippen LogP contribution in [-0.4, -0.2) is 31.4 Å². The molecular formula is C21H22N2O4S. The Morgan fingerprint density at radius 3 is 2.61 bits per heavy atom. The second kappa shape index (κ2) is 9.34. The number of thiocarbonyl (C=S) groups is 1. The number of esters is 1. The Balaban J connectivity index is 1.83. The van der Waals surface area contributed by atoms with Crippen molar-refractivity contribution in [3.8, 4) is 11.5 Å². The molecule has 0 aliphatic carbocycles. The molecule has 146 valence electrons. The number of carbonyl (C=O) groups is 1. The van der Waals surface area contributed by atoms with Crippen LogP contribution < -0.4 is 15.4 Å². The molecule has 1 saturated heterocycles. The number of para-hydroxylation sites is 1. The van der Waals surface area contributed by atoms with Crippen LogP contribution in [0, 0.1) is 5.92 Å². The molecule has 0 bridgehead atoms. The smallest absolute Gasteiger partial charge is 0.317 e. The van der Waals surface area contributed by atoms with Crippen LogP contribution in [0.1, 0.15) is 11.6 Å². The van der Waals surface area contributed by atoms with E-state index in [1.54, 1.807) is 7.11 Å². The first-order valence-corrected chi connectivity index (χ1v) is 9.24. The van der Waals surface area contributed by atoms with Gasteiger partial charge in [0.1, 0.15) is 24.0 Å². The van der Waals surface area contributed by atoms with Crippen LogP contribution in [0.25, 0.3) is 0 Å². The SMILES string of the molecule is C=C1NC(=S)N[C@H](c2cccc(Oc3ccccc3)c2)[C@H]1C(=O)OCCOC. The first-order chi connectivity index (χ1) is 13.6. The van der Waals surface area contributed by atoms with Gasteiger partial charge in [0.05, 0.1) is 12.6 Å². The molecule has 1 aliphatic rings. The normalized spacial score (nSPS) is 18.8. The third kappa shape index (κ3) is 4.88. The van der Waals surface area contributed by atoms with Gasteiger partial charge in [-0.15, -0.1) is 0 Å². The standard InChI is InChI=1S/C21H22N2O4S/c1-14-18(20(24)26-12-11-25-2)19(23-21(28)22-14)15-7-6-10-17(13-15)27-16-8-4-3-5-9-16/h3-10,13,18-19H,1,11-12H2,2H3,(H2,22,23,28)/t18-,19+/m0/s1. The number of ether oxygens (including phenoxy) is 3. The van der Waals surface area contributed by atoms with Crippen molar-refractivity contribution in [2.24, 2.45) is 5.92 Å². The number of carbonyl (C=O) groups excluding carboxylic acids is 1. The zero-order valence-corrected chi connectivity index (χ0v) is 16.3. The Kier molecular flexibility index (Phi) is 6.62. The molecule has 2 aromatic carbocycles. The molecular weight excluding hydrogens is 376 g/mol. The molecule has 2 N–H and O–H groups in total. The zero-order chi connectivity index (χ0) is 19.9. The fourth-order valence-corrected chi connectivity index (χ4v) is 3.21. The summed E-state index contributed by atoms with van der Waals surface area (Å²) >= 11 is 5.26. The fraction of sp³-hybridized carbons (Fsp3) is 0.238. The molecule has 7 heteroatoms. The molecule has 28 heavy (non-hydrogen) atoms. The predicted molar refractivity (Wildman–Crippen MR) is 110 cm³/mol. The molecule has 0 amide bonds. The highest BCUT2D eigenvalue weighted by Crippen LogP contribution is 2.33. The van der Waals surface area contributed by atoms with Crippen LogP contribution >= 0.6 is 12.2 Å². The van der Waals surface area contributed by atoms with Crippen LogP contribution in [0.3, 0.4) is 0 Å². The van der Waals surface area contributed by atoms with Crippen molar-refractivity contribution in [2.75, 3.05) is 20.3 Å². The number of hydrogen-bond acceptors (Lipinski definition) is 5. The topological polar surface area (TPSA) is 68.8 Å². The van der Waals surface area contributed by atoms with E-state index in [0.29, 0.717) is 23.2 Å². The Labute approximate surface area is 169 Å². The highest BCUT2D eigenvalue weighted by molar-refractivity contribution is 7.80. The minimum absolute atomic E-state index is 0.174. The minimum atomic E-state index is -0.643. The largest absolute Gasteiger partial charge is 0.463 e. The molecule has 0 unspecified atom stereocenters. The minimum Gasteiger partial charge on any atom is -0.463 e. The van der Waals surface area contributed by atoms with Gasteiger partial charge >= 0.3 is 5.97 Å². The summed E-state index contributed by atoms with van der Waals surface area (Å²) in [6.07, 6.45) is 0. The summed E-state index contributed by atoms with van der Waals surface area (Å²) in [4.78, 5) is 12.7. The van der Waals surface area contributed by atoms with Crippen molar-refractivity contribution in [1.82, 2.24) is 10.6 Å². The Morgan fingerprint density at radius 1 is 1.11 bits per heavy atom. The summed E-state index contributed by atoms with van der Waals surface area (Å²) < 4.78 is 16.2.